The Bertz CT molecular complexity index is 355. The van der Waals surface area contributed by atoms with Gasteiger partial charge in [-0.2, -0.15) is 0 Å². The highest BCUT2D eigenvalue weighted by Gasteiger charge is 2.14. The smallest absolute Gasteiger partial charge is 0.0468 e. The molecule has 1 nitrogen and oxygen atoms in total. The van der Waals surface area contributed by atoms with Crippen molar-refractivity contribution in [2.75, 3.05) is 6.54 Å². The third kappa shape index (κ3) is 4.32. The number of halogens is 2. The summed E-state index contributed by atoms with van der Waals surface area (Å²) in [6, 6.07) is 5.88. The second-order valence-corrected chi connectivity index (χ2v) is 6.17. The normalized spacial score (nSPS) is 13.9. The molecule has 0 fully saturated rings. The van der Waals surface area contributed by atoms with Gasteiger partial charge in [0.1, 0.15) is 0 Å². The molecule has 16 heavy (non-hydrogen) atoms. The van der Waals surface area contributed by atoms with E-state index in [4.69, 9.17) is 23.2 Å². The molecule has 0 heterocycles. The molecule has 90 valence electrons. The molecule has 0 spiro atoms. The van der Waals surface area contributed by atoms with Gasteiger partial charge in [0.2, 0.25) is 0 Å². The van der Waals surface area contributed by atoms with Crippen molar-refractivity contribution in [1.29, 1.82) is 0 Å². The van der Waals surface area contributed by atoms with Crippen molar-refractivity contribution in [3.8, 4) is 0 Å². The van der Waals surface area contributed by atoms with Crippen LogP contribution in [0.25, 0.3) is 0 Å². The molecule has 0 amide bonds. The Balaban J connectivity index is 2.70. The highest BCUT2D eigenvalue weighted by atomic mass is 35.5. The lowest BCUT2D eigenvalue weighted by molar-refractivity contribution is 0.359. The Morgan fingerprint density at radius 3 is 2.38 bits per heavy atom. The molecule has 1 unspecified atom stereocenters. The molecular formula is C13H19Cl2N. The number of hydrogen-bond acceptors (Lipinski definition) is 1. The predicted molar refractivity (Wildman–Crippen MR) is 72.3 cm³/mol. The Hall–Kier alpha value is -0.240. The van der Waals surface area contributed by atoms with Crippen molar-refractivity contribution in [3.63, 3.8) is 0 Å². The van der Waals surface area contributed by atoms with Crippen LogP contribution in [0.1, 0.15) is 39.3 Å². The molecule has 0 saturated heterocycles. The minimum Gasteiger partial charge on any atom is -0.310 e. The zero-order valence-corrected chi connectivity index (χ0v) is 11.8. The van der Waals surface area contributed by atoms with Crippen molar-refractivity contribution in [3.05, 3.63) is 33.8 Å². The summed E-state index contributed by atoms with van der Waals surface area (Å²) >= 11 is 12.0. The summed E-state index contributed by atoms with van der Waals surface area (Å²) in [5, 5.41) is 4.87. The van der Waals surface area contributed by atoms with Gasteiger partial charge in [0.25, 0.3) is 0 Å². The van der Waals surface area contributed by atoms with Crippen LogP contribution in [0, 0.1) is 5.41 Å². The summed E-state index contributed by atoms with van der Waals surface area (Å²) < 4.78 is 0. The van der Waals surface area contributed by atoms with Crippen LogP contribution in [0.5, 0.6) is 0 Å². The first-order valence-electron chi connectivity index (χ1n) is 5.48. The lowest BCUT2D eigenvalue weighted by Gasteiger charge is -2.23. The third-order valence-electron chi connectivity index (χ3n) is 2.37. The minimum absolute atomic E-state index is 0.240. The van der Waals surface area contributed by atoms with Gasteiger partial charge >= 0.3 is 0 Å². The number of rotatable bonds is 3. The predicted octanol–water partition coefficient (Wildman–Crippen LogP) is 4.69. The van der Waals surface area contributed by atoms with Gasteiger partial charge in [-0.25, -0.2) is 0 Å². The summed E-state index contributed by atoms with van der Waals surface area (Å²) in [5.41, 5.74) is 1.36. The minimum atomic E-state index is 0.240. The van der Waals surface area contributed by atoms with Crippen molar-refractivity contribution in [2.24, 2.45) is 5.41 Å². The molecule has 1 rings (SSSR count). The lowest BCUT2D eigenvalue weighted by Crippen LogP contribution is -2.29. The summed E-state index contributed by atoms with van der Waals surface area (Å²) in [6.07, 6.45) is 0. The van der Waals surface area contributed by atoms with Crippen molar-refractivity contribution in [2.45, 2.75) is 33.7 Å². The average Bonchev–Trinajstić information content (AvgIpc) is 2.13. The zero-order chi connectivity index (χ0) is 12.3. The molecule has 0 aliphatic rings. The van der Waals surface area contributed by atoms with Crippen molar-refractivity contribution >= 4 is 23.2 Å². The SMILES string of the molecule is CC(NCC(C)(C)C)c1ccc(Cl)cc1Cl. The Morgan fingerprint density at radius 1 is 1.25 bits per heavy atom. The summed E-state index contributed by atoms with van der Waals surface area (Å²) in [6.45, 7) is 9.68. The summed E-state index contributed by atoms with van der Waals surface area (Å²) in [4.78, 5) is 0. The van der Waals surface area contributed by atoms with Crippen LogP contribution in [-0.4, -0.2) is 6.54 Å². The van der Waals surface area contributed by atoms with Gasteiger partial charge in [-0.15, -0.1) is 0 Å². The first kappa shape index (κ1) is 13.8. The number of nitrogens with one attached hydrogen (secondary N) is 1. The molecule has 0 saturated carbocycles. The summed E-state index contributed by atoms with van der Waals surface area (Å²) in [5.74, 6) is 0. The second-order valence-electron chi connectivity index (χ2n) is 5.33. The van der Waals surface area contributed by atoms with Gasteiger partial charge in [0.05, 0.1) is 0 Å². The molecule has 1 aromatic rings. The fraction of sp³-hybridized carbons (Fsp3) is 0.538. The molecule has 1 N–H and O–H groups in total. The van der Waals surface area contributed by atoms with Crippen LogP contribution >= 0.6 is 23.2 Å². The van der Waals surface area contributed by atoms with E-state index in [9.17, 15) is 0 Å². The molecule has 1 atom stereocenters. The van der Waals surface area contributed by atoms with Crippen LogP contribution < -0.4 is 5.32 Å². The van der Waals surface area contributed by atoms with Crippen LogP contribution in [0.2, 0.25) is 10.0 Å². The van der Waals surface area contributed by atoms with E-state index in [1.165, 1.54) is 0 Å². The lowest BCUT2D eigenvalue weighted by atomic mass is 9.96. The summed E-state index contributed by atoms with van der Waals surface area (Å²) in [7, 11) is 0. The van der Waals surface area contributed by atoms with Crippen LogP contribution in [0.15, 0.2) is 18.2 Å². The maximum Gasteiger partial charge on any atom is 0.0468 e. The third-order valence-corrected chi connectivity index (χ3v) is 2.93. The van der Waals surface area contributed by atoms with E-state index in [1.54, 1.807) is 6.07 Å². The van der Waals surface area contributed by atoms with E-state index < -0.39 is 0 Å². The number of hydrogen-bond donors (Lipinski definition) is 1. The Labute approximate surface area is 108 Å². The number of benzene rings is 1. The van der Waals surface area contributed by atoms with Gasteiger partial charge < -0.3 is 5.32 Å². The van der Waals surface area contributed by atoms with Gasteiger partial charge in [-0.1, -0.05) is 50.0 Å². The fourth-order valence-electron chi connectivity index (χ4n) is 1.42. The largest absolute Gasteiger partial charge is 0.310 e. The van der Waals surface area contributed by atoms with Gasteiger partial charge in [0, 0.05) is 22.6 Å². The first-order valence-corrected chi connectivity index (χ1v) is 6.23. The molecule has 0 radical (unpaired) electrons. The van der Waals surface area contributed by atoms with Crippen LogP contribution in [0.4, 0.5) is 0 Å². The molecule has 3 heteroatoms. The second kappa shape index (κ2) is 5.39. The van der Waals surface area contributed by atoms with E-state index in [0.717, 1.165) is 17.1 Å². The van der Waals surface area contributed by atoms with Crippen LogP contribution in [-0.2, 0) is 0 Å². The Morgan fingerprint density at radius 2 is 1.88 bits per heavy atom. The van der Waals surface area contributed by atoms with Crippen molar-refractivity contribution < 1.29 is 0 Å². The van der Waals surface area contributed by atoms with Gasteiger partial charge in [-0.05, 0) is 30.0 Å². The topological polar surface area (TPSA) is 12.0 Å². The maximum absolute atomic E-state index is 6.15. The van der Waals surface area contributed by atoms with Gasteiger partial charge in [-0.3, -0.25) is 0 Å². The van der Waals surface area contributed by atoms with E-state index in [0.29, 0.717) is 5.02 Å². The Kier molecular flexibility index (Phi) is 4.66. The monoisotopic (exact) mass is 259 g/mol. The van der Waals surface area contributed by atoms with E-state index >= 15 is 0 Å². The van der Waals surface area contributed by atoms with E-state index in [-0.39, 0.29) is 11.5 Å². The van der Waals surface area contributed by atoms with E-state index in [1.807, 2.05) is 12.1 Å². The zero-order valence-electron chi connectivity index (χ0n) is 10.3. The quantitative estimate of drug-likeness (QED) is 0.831. The van der Waals surface area contributed by atoms with Crippen LogP contribution in [0.3, 0.4) is 0 Å². The van der Waals surface area contributed by atoms with E-state index in [2.05, 4.69) is 33.0 Å². The highest BCUT2D eigenvalue weighted by molar-refractivity contribution is 6.35. The highest BCUT2D eigenvalue weighted by Crippen LogP contribution is 2.26. The molecule has 1 aromatic carbocycles. The van der Waals surface area contributed by atoms with Gasteiger partial charge in [0.15, 0.2) is 0 Å². The molecule has 0 bridgehead atoms. The first-order chi connectivity index (χ1) is 7.29. The molecule has 0 aliphatic heterocycles. The molecule has 0 aromatic heterocycles. The average molecular weight is 260 g/mol. The standard InChI is InChI=1S/C13H19Cl2N/c1-9(16-8-13(2,3)4)11-6-5-10(14)7-12(11)15/h5-7,9,16H,8H2,1-4H3. The fourth-order valence-corrected chi connectivity index (χ4v) is 1.99. The molecule has 0 aliphatic carbocycles. The maximum atomic E-state index is 6.15. The molecular weight excluding hydrogens is 241 g/mol. The van der Waals surface area contributed by atoms with Crippen molar-refractivity contribution in [1.82, 2.24) is 5.32 Å².